The normalized spacial score (nSPS) is 18.4. The van der Waals surface area contributed by atoms with Crippen molar-refractivity contribution in [2.45, 2.75) is 57.5 Å². The maximum absolute atomic E-state index is 15.7. The quantitative estimate of drug-likeness (QED) is 0.211. The number of carbonyl (C=O) groups excluding carboxylic acids is 1. The van der Waals surface area contributed by atoms with Gasteiger partial charge in [0, 0.05) is 13.1 Å². The average Bonchev–Trinajstić information content (AvgIpc) is 3.69. The van der Waals surface area contributed by atoms with Crippen molar-refractivity contribution < 1.29 is 19.1 Å². The maximum Gasteiger partial charge on any atom is 0.404 e. The lowest BCUT2D eigenvalue weighted by Gasteiger charge is -2.26. The molecule has 4 heterocycles. The van der Waals surface area contributed by atoms with E-state index >= 15 is 4.39 Å². The lowest BCUT2D eigenvalue weighted by Crippen LogP contribution is -2.42. The summed E-state index contributed by atoms with van der Waals surface area (Å²) in [6, 6.07) is -0.161. The van der Waals surface area contributed by atoms with Gasteiger partial charge in [-0.25, -0.2) is 19.4 Å². The van der Waals surface area contributed by atoms with E-state index in [1.165, 1.54) is 6.33 Å². The first kappa shape index (κ1) is 26.7. The lowest BCUT2D eigenvalue weighted by molar-refractivity contribution is -0.124. The Labute approximate surface area is 227 Å². The van der Waals surface area contributed by atoms with Crippen LogP contribution in [-0.4, -0.2) is 71.2 Å². The number of amides is 2. The number of nitrogens with zero attached hydrogens (tertiary/aromatic N) is 8. The summed E-state index contributed by atoms with van der Waals surface area (Å²) >= 11 is 6.16. The number of halogens is 2. The van der Waals surface area contributed by atoms with E-state index in [0.29, 0.717) is 36.6 Å². The van der Waals surface area contributed by atoms with Gasteiger partial charge < -0.3 is 15.3 Å². The van der Waals surface area contributed by atoms with Gasteiger partial charge in [-0.1, -0.05) is 30.9 Å². The van der Waals surface area contributed by atoms with Crippen molar-refractivity contribution in [3.63, 3.8) is 0 Å². The predicted octanol–water partition coefficient (Wildman–Crippen LogP) is 2.38. The lowest BCUT2D eigenvalue weighted by atomic mass is 9.92. The molecule has 208 valence electrons. The van der Waals surface area contributed by atoms with Crippen LogP contribution in [-0.2, 0) is 11.3 Å². The fraction of sp³-hybridized carbons (Fsp3) is 0.565. The van der Waals surface area contributed by atoms with Crippen LogP contribution in [0.5, 0.6) is 0 Å². The highest BCUT2D eigenvalue weighted by Crippen LogP contribution is 2.32. The average molecular weight is 562 g/mol. The summed E-state index contributed by atoms with van der Waals surface area (Å²) < 4.78 is 17.3. The van der Waals surface area contributed by atoms with Crippen LogP contribution in [0.2, 0.25) is 5.28 Å². The van der Waals surface area contributed by atoms with Crippen molar-refractivity contribution in [3.8, 4) is 0 Å². The number of hydrogen-bond donors (Lipinski definition) is 4. The third-order valence-electron chi connectivity index (χ3n) is 7.28. The van der Waals surface area contributed by atoms with Gasteiger partial charge in [-0.15, -0.1) is 5.10 Å². The van der Waals surface area contributed by atoms with E-state index in [0.717, 1.165) is 38.5 Å². The molecule has 0 bridgehead atoms. The smallest absolute Gasteiger partial charge is 0.404 e. The molecular formula is C23H29ClFN11O3. The van der Waals surface area contributed by atoms with Crippen molar-refractivity contribution in [1.29, 1.82) is 0 Å². The zero-order valence-electron chi connectivity index (χ0n) is 21.1. The molecule has 2 fully saturated rings. The minimum Gasteiger partial charge on any atom is -0.465 e. The second-order valence-electron chi connectivity index (χ2n) is 9.85. The molecule has 1 aliphatic heterocycles. The molecule has 4 N–H and O–H groups in total. The van der Waals surface area contributed by atoms with E-state index in [1.807, 2.05) is 0 Å². The third kappa shape index (κ3) is 6.24. The minimum absolute atomic E-state index is 0.00310. The number of aromatic nitrogens is 7. The molecule has 16 heteroatoms. The molecule has 39 heavy (non-hydrogen) atoms. The number of nitrogens with one attached hydrogen (secondary N) is 3. The molecule has 1 aliphatic carbocycles. The molecule has 1 saturated heterocycles. The van der Waals surface area contributed by atoms with Gasteiger partial charge in [-0.05, 0) is 36.8 Å². The molecule has 5 rings (SSSR count). The first-order valence-electron chi connectivity index (χ1n) is 12.9. The summed E-state index contributed by atoms with van der Waals surface area (Å²) in [4.78, 5) is 42.0. The SMILES string of the molecule is O=C(O)NC[C@@H](CC1CCCC1)C(=O)NNc1nc(Cl)nc(N2CCC[C@H]2Cn2nnc3cncnc32)c1F. The number of anilines is 2. The third-order valence-corrected chi connectivity index (χ3v) is 7.45. The van der Waals surface area contributed by atoms with Gasteiger partial charge in [0.1, 0.15) is 6.33 Å². The Hall–Kier alpha value is -3.88. The number of carboxylic acid groups (broad SMARTS) is 1. The first-order valence-corrected chi connectivity index (χ1v) is 13.3. The van der Waals surface area contributed by atoms with Crippen molar-refractivity contribution in [2.75, 3.05) is 23.4 Å². The van der Waals surface area contributed by atoms with Gasteiger partial charge in [0.2, 0.25) is 17.0 Å². The molecule has 2 amide bonds. The largest absolute Gasteiger partial charge is 0.465 e. The summed E-state index contributed by atoms with van der Waals surface area (Å²) in [6.45, 7) is 0.884. The van der Waals surface area contributed by atoms with Crippen molar-refractivity contribution in [2.24, 2.45) is 11.8 Å². The van der Waals surface area contributed by atoms with Crippen LogP contribution >= 0.6 is 11.6 Å². The number of carbonyl (C=O) groups is 2. The summed E-state index contributed by atoms with van der Waals surface area (Å²) in [5, 5.41) is 19.3. The molecule has 2 atom stereocenters. The zero-order chi connectivity index (χ0) is 27.4. The predicted molar refractivity (Wildman–Crippen MR) is 138 cm³/mol. The van der Waals surface area contributed by atoms with Crippen LogP contribution in [0.3, 0.4) is 0 Å². The van der Waals surface area contributed by atoms with Gasteiger partial charge in [0.05, 0.1) is 24.7 Å². The fourth-order valence-corrected chi connectivity index (χ4v) is 5.57. The Morgan fingerprint density at radius 1 is 1.21 bits per heavy atom. The molecule has 0 aromatic carbocycles. The number of rotatable bonds is 10. The molecule has 3 aromatic rings. The monoisotopic (exact) mass is 561 g/mol. The van der Waals surface area contributed by atoms with Gasteiger partial charge >= 0.3 is 6.09 Å². The molecule has 0 unspecified atom stereocenters. The molecule has 1 saturated carbocycles. The van der Waals surface area contributed by atoms with Crippen LogP contribution < -0.4 is 21.1 Å². The van der Waals surface area contributed by atoms with Gasteiger partial charge in [0.25, 0.3) is 0 Å². The molecule has 2 aliphatic rings. The van der Waals surface area contributed by atoms with E-state index in [4.69, 9.17) is 16.7 Å². The summed E-state index contributed by atoms with van der Waals surface area (Å²) in [5.41, 5.74) is 6.16. The van der Waals surface area contributed by atoms with Crippen LogP contribution in [0.15, 0.2) is 12.5 Å². The molecule has 0 radical (unpaired) electrons. The van der Waals surface area contributed by atoms with Crippen molar-refractivity contribution in [3.05, 3.63) is 23.6 Å². The van der Waals surface area contributed by atoms with Crippen molar-refractivity contribution >= 4 is 46.4 Å². The highest BCUT2D eigenvalue weighted by atomic mass is 35.5. The Morgan fingerprint density at radius 3 is 2.82 bits per heavy atom. The molecule has 0 spiro atoms. The van der Waals surface area contributed by atoms with E-state index < -0.39 is 23.7 Å². The van der Waals surface area contributed by atoms with Crippen LogP contribution in [0.25, 0.3) is 11.2 Å². The van der Waals surface area contributed by atoms with Crippen LogP contribution in [0.1, 0.15) is 44.9 Å². The highest BCUT2D eigenvalue weighted by Gasteiger charge is 2.32. The van der Waals surface area contributed by atoms with E-state index in [2.05, 4.69) is 46.4 Å². The number of fused-ring (bicyclic) bond motifs is 1. The van der Waals surface area contributed by atoms with Gasteiger partial charge in [0.15, 0.2) is 22.8 Å². The zero-order valence-corrected chi connectivity index (χ0v) is 21.8. The fourth-order valence-electron chi connectivity index (χ4n) is 5.40. The summed E-state index contributed by atoms with van der Waals surface area (Å²) in [6.07, 6.45) is 8.05. The Kier molecular flexibility index (Phi) is 8.14. The van der Waals surface area contributed by atoms with Gasteiger partial charge in [-0.3, -0.25) is 15.6 Å². The standard InChI is InChI=1S/C23H29ClFN11O3/c24-22-29-18(32-33-21(37)14(9-27-23(38)39)8-13-4-1-2-5-13)17(25)20(30-22)35-7-3-6-15(35)11-36-19-16(31-34-36)10-26-12-28-19/h10,12-15,27H,1-9,11H2,(H,33,37)(H,38,39)(H,29,30,32)/t14-,15+/m1/s1. The summed E-state index contributed by atoms with van der Waals surface area (Å²) in [5.74, 6) is -1.80. The molecule has 3 aromatic heterocycles. The van der Waals surface area contributed by atoms with E-state index in [9.17, 15) is 9.59 Å². The second-order valence-corrected chi connectivity index (χ2v) is 10.2. The number of hydrogen-bond acceptors (Lipinski definition) is 10. The molecule has 14 nitrogen and oxygen atoms in total. The first-order chi connectivity index (χ1) is 18.9. The van der Waals surface area contributed by atoms with Crippen molar-refractivity contribution in [1.82, 2.24) is 45.7 Å². The molecular weight excluding hydrogens is 533 g/mol. The Morgan fingerprint density at radius 2 is 2.03 bits per heavy atom. The Bertz CT molecular complexity index is 1340. The summed E-state index contributed by atoms with van der Waals surface area (Å²) in [7, 11) is 0. The minimum atomic E-state index is -1.21. The van der Waals surface area contributed by atoms with Crippen LogP contribution in [0.4, 0.5) is 20.8 Å². The van der Waals surface area contributed by atoms with E-state index in [-0.39, 0.29) is 29.5 Å². The second kappa shape index (κ2) is 11.9. The van der Waals surface area contributed by atoms with Crippen LogP contribution in [0, 0.1) is 17.7 Å². The maximum atomic E-state index is 15.7. The number of hydrazine groups is 1. The topological polar surface area (TPSA) is 176 Å². The van der Waals surface area contributed by atoms with E-state index in [1.54, 1.807) is 15.8 Å². The highest BCUT2D eigenvalue weighted by molar-refractivity contribution is 6.28. The Balaban J connectivity index is 1.29. The van der Waals surface area contributed by atoms with Gasteiger partial charge in [-0.2, -0.15) is 14.4 Å².